The topological polar surface area (TPSA) is 43.8 Å². The Balaban J connectivity index is 2.45. The zero-order valence-corrected chi connectivity index (χ0v) is 11.8. The van der Waals surface area contributed by atoms with Crippen LogP contribution in [0, 0.1) is 6.92 Å². The second-order valence-electron chi connectivity index (χ2n) is 3.84. The number of benzene rings is 1. The van der Waals surface area contributed by atoms with E-state index >= 15 is 0 Å². The number of aryl methyl sites for hydroxylation is 1. The van der Waals surface area contributed by atoms with Gasteiger partial charge in [0.1, 0.15) is 0 Å². The van der Waals surface area contributed by atoms with E-state index in [9.17, 15) is 0 Å². The summed E-state index contributed by atoms with van der Waals surface area (Å²) in [6.45, 7) is 2.62. The van der Waals surface area contributed by atoms with Crippen LogP contribution >= 0.6 is 27.5 Å². The molecule has 2 rings (SSSR count). The highest BCUT2D eigenvalue weighted by molar-refractivity contribution is 9.10. The molecule has 0 spiro atoms. The average molecular weight is 315 g/mol. The van der Waals surface area contributed by atoms with Gasteiger partial charge in [0.25, 0.3) is 0 Å². The third-order valence-corrected chi connectivity index (χ3v) is 3.44. The first kappa shape index (κ1) is 12.6. The van der Waals surface area contributed by atoms with Crippen LogP contribution in [0.3, 0.4) is 0 Å². The highest BCUT2D eigenvalue weighted by atomic mass is 79.9. The van der Waals surface area contributed by atoms with Crippen LogP contribution in [0.2, 0.25) is 5.02 Å². The van der Waals surface area contributed by atoms with Gasteiger partial charge < -0.3 is 5.73 Å². The summed E-state index contributed by atoms with van der Waals surface area (Å²) in [6.07, 6.45) is 2.69. The maximum absolute atomic E-state index is 6.00. The molecule has 0 aliphatic heterocycles. The van der Waals surface area contributed by atoms with E-state index in [2.05, 4.69) is 21.0 Å². The van der Waals surface area contributed by atoms with Crippen molar-refractivity contribution in [3.05, 3.63) is 45.1 Å². The minimum Gasteiger partial charge on any atom is -0.330 e. The zero-order chi connectivity index (χ0) is 12.4. The van der Waals surface area contributed by atoms with Crippen molar-refractivity contribution in [2.45, 2.75) is 13.3 Å². The Bertz CT molecular complexity index is 537. The molecular formula is C12H13BrClN3. The van der Waals surface area contributed by atoms with E-state index in [0.717, 1.165) is 27.8 Å². The van der Waals surface area contributed by atoms with E-state index in [-0.39, 0.29) is 0 Å². The van der Waals surface area contributed by atoms with Crippen molar-refractivity contribution in [1.82, 2.24) is 9.78 Å². The molecule has 0 aliphatic carbocycles. The Labute approximate surface area is 114 Å². The molecule has 0 fully saturated rings. The van der Waals surface area contributed by atoms with Gasteiger partial charge in [0.2, 0.25) is 0 Å². The molecular weight excluding hydrogens is 302 g/mol. The van der Waals surface area contributed by atoms with Gasteiger partial charge in [-0.3, -0.25) is 0 Å². The van der Waals surface area contributed by atoms with Crippen molar-refractivity contribution in [3.63, 3.8) is 0 Å². The van der Waals surface area contributed by atoms with Crippen LogP contribution < -0.4 is 5.73 Å². The molecule has 0 amide bonds. The van der Waals surface area contributed by atoms with Crippen LogP contribution in [0.25, 0.3) is 5.69 Å². The summed E-state index contributed by atoms with van der Waals surface area (Å²) in [5, 5.41) is 5.21. The molecule has 90 valence electrons. The maximum Gasteiger partial charge on any atom is 0.0783 e. The Morgan fingerprint density at radius 2 is 2.24 bits per heavy atom. The van der Waals surface area contributed by atoms with Crippen LogP contribution in [-0.2, 0) is 6.42 Å². The molecule has 0 saturated carbocycles. The summed E-state index contributed by atoms with van der Waals surface area (Å²) >= 11 is 9.49. The molecule has 5 heteroatoms. The minimum atomic E-state index is 0.587. The molecule has 0 aliphatic rings. The summed E-state index contributed by atoms with van der Waals surface area (Å²) in [5.41, 5.74) is 8.62. The lowest BCUT2D eigenvalue weighted by Gasteiger charge is -2.05. The molecule has 0 radical (unpaired) electrons. The summed E-state index contributed by atoms with van der Waals surface area (Å²) in [4.78, 5) is 0. The number of nitrogens with two attached hydrogens (primary N) is 1. The van der Waals surface area contributed by atoms with Crippen LogP contribution in [0.5, 0.6) is 0 Å². The zero-order valence-electron chi connectivity index (χ0n) is 9.45. The molecule has 0 saturated heterocycles. The van der Waals surface area contributed by atoms with Crippen molar-refractivity contribution in [2.24, 2.45) is 5.73 Å². The van der Waals surface area contributed by atoms with Gasteiger partial charge in [-0.05, 0) is 47.1 Å². The van der Waals surface area contributed by atoms with Gasteiger partial charge in [0, 0.05) is 17.6 Å². The number of hydrogen-bond donors (Lipinski definition) is 1. The van der Waals surface area contributed by atoms with Crippen molar-refractivity contribution >= 4 is 27.5 Å². The predicted octanol–water partition coefficient (Wildman–Crippen LogP) is 3.10. The van der Waals surface area contributed by atoms with E-state index in [4.69, 9.17) is 17.3 Å². The summed E-state index contributed by atoms with van der Waals surface area (Å²) in [7, 11) is 0. The van der Waals surface area contributed by atoms with Gasteiger partial charge >= 0.3 is 0 Å². The van der Waals surface area contributed by atoms with E-state index in [0.29, 0.717) is 11.6 Å². The maximum atomic E-state index is 6.00. The summed E-state index contributed by atoms with van der Waals surface area (Å²) in [5.74, 6) is 0. The third-order valence-electron chi connectivity index (χ3n) is 2.54. The lowest BCUT2D eigenvalue weighted by molar-refractivity contribution is 0.817. The van der Waals surface area contributed by atoms with Crippen molar-refractivity contribution in [2.75, 3.05) is 6.54 Å². The number of aromatic nitrogens is 2. The second-order valence-corrected chi connectivity index (χ2v) is 5.13. The highest BCUT2D eigenvalue weighted by Gasteiger charge is 2.09. The van der Waals surface area contributed by atoms with Crippen LogP contribution in [0.4, 0.5) is 0 Å². The van der Waals surface area contributed by atoms with E-state index in [1.54, 1.807) is 0 Å². The van der Waals surface area contributed by atoms with Crippen molar-refractivity contribution < 1.29 is 0 Å². The SMILES string of the molecule is Cc1ccc(Cl)cc1-n1cc(Br)c(CCN)n1. The van der Waals surface area contributed by atoms with Gasteiger partial charge in [-0.1, -0.05) is 17.7 Å². The van der Waals surface area contributed by atoms with Gasteiger partial charge in [0.05, 0.1) is 15.9 Å². The molecule has 1 heterocycles. The highest BCUT2D eigenvalue weighted by Crippen LogP contribution is 2.22. The Kier molecular flexibility index (Phi) is 3.86. The second kappa shape index (κ2) is 5.21. The molecule has 0 unspecified atom stereocenters. The van der Waals surface area contributed by atoms with Crippen LogP contribution in [-0.4, -0.2) is 16.3 Å². The fourth-order valence-corrected chi connectivity index (χ4v) is 2.29. The summed E-state index contributed by atoms with van der Waals surface area (Å²) < 4.78 is 2.80. The fourth-order valence-electron chi connectivity index (χ4n) is 1.65. The summed E-state index contributed by atoms with van der Waals surface area (Å²) in [6, 6.07) is 5.76. The molecule has 0 bridgehead atoms. The third kappa shape index (κ3) is 2.70. The largest absolute Gasteiger partial charge is 0.330 e. The van der Waals surface area contributed by atoms with E-state index in [1.807, 2.05) is 36.0 Å². The molecule has 0 atom stereocenters. The molecule has 17 heavy (non-hydrogen) atoms. The Morgan fingerprint density at radius 1 is 1.47 bits per heavy atom. The molecule has 3 nitrogen and oxygen atoms in total. The quantitative estimate of drug-likeness (QED) is 0.946. The predicted molar refractivity (Wildman–Crippen MR) is 73.8 cm³/mol. The molecule has 2 N–H and O–H groups in total. The van der Waals surface area contributed by atoms with Crippen molar-refractivity contribution in [3.8, 4) is 5.69 Å². The average Bonchev–Trinajstić information content (AvgIpc) is 2.64. The van der Waals surface area contributed by atoms with Gasteiger partial charge in [0.15, 0.2) is 0 Å². The molecule has 1 aromatic heterocycles. The van der Waals surface area contributed by atoms with Gasteiger partial charge in [-0.15, -0.1) is 0 Å². The minimum absolute atomic E-state index is 0.587. The lowest BCUT2D eigenvalue weighted by Crippen LogP contribution is -2.05. The first-order valence-corrected chi connectivity index (χ1v) is 6.49. The van der Waals surface area contributed by atoms with Gasteiger partial charge in [-0.25, -0.2) is 4.68 Å². The molecule has 2 aromatic rings. The number of rotatable bonds is 3. The fraction of sp³-hybridized carbons (Fsp3) is 0.250. The smallest absolute Gasteiger partial charge is 0.0783 e. The van der Waals surface area contributed by atoms with Crippen LogP contribution in [0.1, 0.15) is 11.3 Å². The van der Waals surface area contributed by atoms with E-state index in [1.165, 1.54) is 0 Å². The monoisotopic (exact) mass is 313 g/mol. The van der Waals surface area contributed by atoms with Crippen molar-refractivity contribution in [1.29, 1.82) is 0 Å². The van der Waals surface area contributed by atoms with Gasteiger partial charge in [-0.2, -0.15) is 5.10 Å². The van der Waals surface area contributed by atoms with E-state index < -0.39 is 0 Å². The Hall–Kier alpha value is -0.840. The Morgan fingerprint density at radius 3 is 2.94 bits per heavy atom. The normalized spacial score (nSPS) is 10.8. The molecule has 1 aromatic carbocycles. The van der Waals surface area contributed by atoms with Crippen LogP contribution in [0.15, 0.2) is 28.9 Å². The number of nitrogens with zero attached hydrogens (tertiary/aromatic N) is 2. The number of hydrogen-bond acceptors (Lipinski definition) is 2. The first-order valence-electron chi connectivity index (χ1n) is 5.32. The number of halogens is 2. The standard InChI is InChI=1S/C12H13BrClN3/c1-8-2-3-9(14)6-12(8)17-7-10(13)11(16-17)4-5-15/h2-3,6-7H,4-5,15H2,1H3. The first-order chi connectivity index (χ1) is 8.11. The lowest BCUT2D eigenvalue weighted by atomic mass is 10.2.